The van der Waals surface area contributed by atoms with Gasteiger partial charge >= 0.3 is 12.3 Å². The van der Waals surface area contributed by atoms with Crippen LogP contribution in [0, 0.1) is 0 Å². The molecule has 33 heavy (non-hydrogen) atoms. The van der Waals surface area contributed by atoms with E-state index in [2.05, 4.69) is 15.1 Å². The number of carbonyl (C=O) groups excluding carboxylic acids is 1. The van der Waals surface area contributed by atoms with Crippen LogP contribution in [0.5, 0.6) is 0 Å². The molecule has 2 amide bonds. The van der Waals surface area contributed by atoms with Gasteiger partial charge in [0, 0.05) is 50.0 Å². The zero-order chi connectivity index (χ0) is 23.9. The van der Waals surface area contributed by atoms with Gasteiger partial charge in [0.2, 0.25) is 11.9 Å². The second kappa shape index (κ2) is 8.52. The highest BCUT2D eigenvalue weighted by molar-refractivity contribution is 5.76. The van der Waals surface area contributed by atoms with Crippen LogP contribution in [0.3, 0.4) is 0 Å². The number of alkyl halides is 3. The molecule has 0 radical (unpaired) electrons. The van der Waals surface area contributed by atoms with Crippen LogP contribution < -0.4 is 4.90 Å². The number of carboxylic acid groups (broad SMARTS) is 1. The first kappa shape index (κ1) is 22.8. The van der Waals surface area contributed by atoms with Gasteiger partial charge in [-0.3, -0.25) is 9.48 Å². The molecule has 178 valence electrons. The van der Waals surface area contributed by atoms with Gasteiger partial charge in [-0.2, -0.15) is 18.3 Å². The van der Waals surface area contributed by atoms with Gasteiger partial charge < -0.3 is 19.8 Å². The zero-order valence-corrected chi connectivity index (χ0v) is 18.2. The van der Waals surface area contributed by atoms with Crippen LogP contribution in [0.1, 0.15) is 26.0 Å². The van der Waals surface area contributed by atoms with Crippen LogP contribution in [0.25, 0.3) is 11.3 Å². The molecule has 0 aliphatic carbocycles. The molecule has 2 saturated heterocycles. The maximum Gasteiger partial charge on any atom is 0.433 e. The van der Waals surface area contributed by atoms with E-state index in [0.29, 0.717) is 12.1 Å². The van der Waals surface area contributed by atoms with E-state index < -0.39 is 18.0 Å². The summed E-state index contributed by atoms with van der Waals surface area (Å²) in [5.74, 6) is -0.233. The molecule has 0 unspecified atom stereocenters. The van der Waals surface area contributed by atoms with Crippen LogP contribution in [-0.2, 0) is 17.5 Å². The van der Waals surface area contributed by atoms with Crippen LogP contribution in [-0.4, -0.2) is 84.9 Å². The fraction of sp³-hybridized carbons (Fsp3) is 0.550. The Morgan fingerprint density at radius 2 is 1.91 bits per heavy atom. The highest BCUT2D eigenvalue weighted by Gasteiger charge is 2.36. The van der Waals surface area contributed by atoms with Crippen molar-refractivity contribution in [3.05, 3.63) is 24.2 Å². The number of aromatic nitrogens is 4. The lowest BCUT2D eigenvalue weighted by molar-refractivity contribution is -0.141. The lowest BCUT2D eigenvalue weighted by Gasteiger charge is -2.38. The molecule has 4 heterocycles. The number of nitrogens with zero attached hydrogens (tertiary/aromatic N) is 7. The molecular weight excluding hydrogens is 443 g/mol. The van der Waals surface area contributed by atoms with Crippen LogP contribution >= 0.6 is 0 Å². The zero-order valence-electron chi connectivity index (χ0n) is 18.2. The number of rotatable bonds is 4. The lowest BCUT2D eigenvalue weighted by atomic mass is 10.1. The van der Waals surface area contributed by atoms with E-state index in [9.17, 15) is 22.8 Å². The smallest absolute Gasteiger partial charge is 0.433 e. The molecule has 2 fully saturated rings. The van der Waals surface area contributed by atoms with Crippen LogP contribution in [0.4, 0.5) is 23.9 Å². The molecule has 2 aliphatic rings. The number of piperazine rings is 1. The van der Waals surface area contributed by atoms with Gasteiger partial charge in [0.15, 0.2) is 5.69 Å². The molecule has 0 saturated carbocycles. The molecule has 1 N–H and O–H groups in total. The number of amides is 2. The summed E-state index contributed by atoms with van der Waals surface area (Å²) in [6.07, 6.45) is -1.96. The molecule has 4 rings (SSSR count). The van der Waals surface area contributed by atoms with Crippen molar-refractivity contribution in [1.82, 2.24) is 29.5 Å². The van der Waals surface area contributed by atoms with Gasteiger partial charge in [0.05, 0.1) is 11.9 Å². The number of hydrogen-bond donors (Lipinski definition) is 1. The Balaban J connectivity index is 1.51. The molecule has 2 aliphatic heterocycles. The molecule has 0 bridgehead atoms. The third-order valence-electron chi connectivity index (χ3n) is 6.03. The van der Waals surface area contributed by atoms with Crippen molar-refractivity contribution < 1.29 is 27.9 Å². The Morgan fingerprint density at radius 3 is 2.48 bits per heavy atom. The third kappa shape index (κ3) is 4.71. The number of hydrogen-bond acceptors (Lipinski definition) is 6. The molecular formula is C20H24F3N7O3. The summed E-state index contributed by atoms with van der Waals surface area (Å²) >= 11 is 0. The first-order chi connectivity index (χ1) is 15.5. The summed E-state index contributed by atoms with van der Waals surface area (Å²) in [6, 6.07) is 0.604. The van der Waals surface area contributed by atoms with E-state index in [4.69, 9.17) is 5.11 Å². The van der Waals surface area contributed by atoms with Crippen LogP contribution in [0.15, 0.2) is 18.5 Å². The summed E-state index contributed by atoms with van der Waals surface area (Å²) in [4.78, 5) is 36.4. The fourth-order valence-electron chi connectivity index (χ4n) is 3.96. The van der Waals surface area contributed by atoms with Gasteiger partial charge in [-0.15, -0.1) is 0 Å². The largest absolute Gasteiger partial charge is 0.465 e. The number of anilines is 1. The Bertz CT molecular complexity index is 1060. The normalized spacial score (nSPS) is 21.2. The Kier molecular flexibility index (Phi) is 5.89. The van der Waals surface area contributed by atoms with Crippen molar-refractivity contribution >= 4 is 17.9 Å². The Morgan fingerprint density at radius 1 is 1.15 bits per heavy atom. The standard InChI is InChI=1S/C20H24F3N7O3/c1-12-3-4-29(12)18-25-15(7-16(26-18)20(21,22)23)14-8-24-28(10-14)11-17(31)27-5-6-30(19(32)33)13(2)9-27/h7-8,10,12-13H,3-6,9,11H2,1-2H3,(H,32,33)/t12-,13-/m0/s1. The Hall–Kier alpha value is -3.38. The molecule has 10 nitrogen and oxygen atoms in total. The van der Waals surface area contributed by atoms with Gasteiger partial charge in [0.1, 0.15) is 6.54 Å². The number of carbonyl (C=O) groups is 2. The van der Waals surface area contributed by atoms with E-state index in [1.165, 1.54) is 22.0 Å². The highest BCUT2D eigenvalue weighted by Crippen LogP contribution is 2.33. The molecule has 2 aromatic heterocycles. The summed E-state index contributed by atoms with van der Waals surface area (Å²) < 4.78 is 41.6. The SMILES string of the molecule is C[C@H]1CN(C(=O)Cn2cc(-c3cc(C(F)(F)F)nc(N4CC[C@@H]4C)n3)cn2)CCN1C(=O)O. The average Bonchev–Trinajstić information content (AvgIpc) is 3.20. The fourth-order valence-corrected chi connectivity index (χ4v) is 3.96. The van der Waals surface area contributed by atoms with Crippen molar-refractivity contribution in [3.63, 3.8) is 0 Å². The molecule has 0 aromatic carbocycles. The molecule has 2 aromatic rings. The average molecular weight is 467 g/mol. The molecule has 13 heteroatoms. The Labute approximate surface area is 187 Å². The molecule has 0 spiro atoms. The third-order valence-corrected chi connectivity index (χ3v) is 6.03. The van der Waals surface area contributed by atoms with Crippen molar-refractivity contribution in [2.75, 3.05) is 31.1 Å². The second-order valence-electron chi connectivity index (χ2n) is 8.36. The summed E-state index contributed by atoms with van der Waals surface area (Å²) in [6.45, 7) is 4.83. The minimum absolute atomic E-state index is 0.0210. The summed E-state index contributed by atoms with van der Waals surface area (Å²) in [5, 5.41) is 13.3. The summed E-state index contributed by atoms with van der Waals surface area (Å²) in [5.41, 5.74) is -0.612. The predicted molar refractivity (Wildman–Crippen MR) is 110 cm³/mol. The summed E-state index contributed by atoms with van der Waals surface area (Å²) in [7, 11) is 0. The second-order valence-corrected chi connectivity index (χ2v) is 8.36. The van der Waals surface area contributed by atoms with Gasteiger partial charge in [-0.1, -0.05) is 0 Å². The van der Waals surface area contributed by atoms with E-state index in [0.717, 1.165) is 12.5 Å². The number of halogens is 3. The van der Waals surface area contributed by atoms with Crippen LogP contribution in [0.2, 0.25) is 0 Å². The van der Waals surface area contributed by atoms with Crippen molar-refractivity contribution in [1.29, 1.82) is 0 Å². The molecule has 2 atom stereocenters. The maximum atomic E-state index is 13.4. The predicted octanol–water partition coefficient (Wildman–Crippen LogP) is 2.17. The first-order valence-electron chi connectivity index (χ1n) is 10.6. The van der Waals surface area contributed by atoms with Gasteiger partial charge in [-0.05, 0) is 26.3 Å². The monoisotopic (exact) mass is 467 g/mol. The topological polar surface area (TPSA) is 108 Å². The minimum atomic E-state index is -4.62. The quantitative estimate of drug-likeness (QED) is 0.734. The van der Waals surface area contributed by atoms with E-state index in [1.54, 1.807) is 16.7 Å². The van der Waals surface area contributed by atoms with Gasteiger partial charge in [0.25, 0.3) is 0 Å². The maximum absolute atomic E-state index is 13.4. The minimum Gasteiger partial charge on any atom is -0.465 e. The van der Waals surface area contributed by atoms with Gasteiger partial charge in [-0.25, -0.2) is 14.8 Å². The lowest BCUT2D eigenvalue weighted by Crippen LogP contribution is -2.55. The van der Waals surface area contributed by atoms with E-state index >= 15 is 0 Å². The van der Waals surface area contributed by atoms with E-state index in [1.807, 2.05) is 6.92 Å². The van der Waals surface area contributed by atoms with E-state index in [-0.39, 0.29) is 55.8 Å². The van der Waals surface area contributed by atoms with Crippen molar-refractivity contribution in [2.24, 2.45) is 0 Å². The van der Waals surface area contributed by atoms with Crippen molar-refractivity contribution in [3.8, 4) is 11.3 Å². The van der Waals surface area contributed by atoms with Crippen molar-refractivity contribution in [2.45, 2.75) is 45.1 Å². The highest BCUT2D eigenvalue weighted by atomic mass is 19.4. The first-order valence-corrected chi connectivity index (χ1v) is 10.6.